The summed E-state index contributed by atoms with van der Waals surface area (Å²) in [6.07, 6.45) is 6.12. The van der Waals surface area contributed by atoms with Crippen LogP contribution in [0.15, 0.2) is 42.5 Å². The van der Waals surface area contributed by atoms with Crippen LogP contribution >= 0.6 is 11.6 Å². The van der Waals surface area contributed by atoms with Gasteiger partial charge in [-0.2, -0.15) is 0 Å². The summed E-state index contributed by atoms with van der Waals surface area (Å²) < 4.78 is 6.13. The largest absolute Gasteiger partial charge is 0.492 e. The van der Waals surface area contributed by atoms with Crippen LogP contribution in [-0.4, -0.2) is 49.1 Å². The van der Waals surface area contributed by atoms with Gasteiger partial charge in [0.1, 0.15) is 12.4 Å². The van der Waals surface area contributed by atoms with Gasteiger partial charge in [-0.05, 0) is 80.7 Å². The van der Waals surface area contributed by atoms with Crippen LogP contribution in [0.5, 0.6) is 5.75 Å². The third-order valence-electron chi connectivity index (χ3n) is 5.94. The summed E-state index contributed by atoms with van der Waals surface area (Å²) in [5.74, 6) is 0.999. The van der Waals surface area contributed by atoms with Gasteiger partial charge in [0.05, 0.1) is 0 Å². The van der Waals surface area contributed by atoms with E-state index in [1.165, 1.54) is 68.6 Å². The summed E-state index contributed by atoms with van der Waals surface area (Å²) in [7, 11) is 0. The fourth-order valence-corrected chi connectivity index (χ4v) is 4.58. The van der Waals surface area contributed by atoms with E-state index in [0.29, 0.717) is 0 Å². The van der Waals surface area contributed by atoms with Gasteiger partial charge in [-0.25, -0.2) is 0 Å². The van der Waals surface area contributed by atoms with Crippen LogP contribution in [0.1, 0.15) is 42.4 Å². The molecule has 0 aliphatic carbocycles. The number of rotatable bonds is 8. The maximum atomic E-state index is 6.61. The molecule has 3 nitrogen and oxygen atoms in total. The minimum Gasteiger partial charge on any atom is -0.492 e. The number of para-hydroxylation sites is 1. The third-order valence-corrected chi connectivity index (χ3v) is 6.29. The first-order valence-electron chi connectivity index (χ1n) is 10.7. The smallest absolute Gasteiger partial charge is 0.122 e. The number of benzene rings is 2. The molecule has 2 heterocycles. The average Bonchev–Trinajstić information content (AvgIpc) is 3.39. The lowest BCUT2D eigenvalue weighted by molar-refractivity contribution is 0.236. The fourth-order valence-electron chi connectivity index (χ4n) is 4.31. The van der Waals surface area contributed by atoms with Gasteiger partial charge >= 0.3 is 0 Å². The Bertz CT molecular complexity index is 767. The highest BCUT2D eigenvalue weighted by Crippen LogP contribution is 2.26. The molecule has 0 unspecified atom stereocenters. The van der Waals surface area contributed by atoms with Gasteiger partial charge in [0, 0.05) is 24.5 Å². The first-order valence-corrected chi connectivity index (χ1v) is 11.1. The molecule has 28 heavy (non-hydrogen) atoms. The van der Waals surface area contributed by atoms with Crippen molar-refractivity contribution < 1.29 is 4.74 Å². The van der Waals surface area contributed by atoms with Crippen LogP contribution in [0.2, 0.25) is 5.02 Å². The Hall–Kier alpha value is -1.55. The Labute approximate surface area is 174 Å². The highest BCUT2D eigenvalue weighted by atomic mass is 35.5. The molecule has 0 atom stereocenters. The zero-order chi connectivity index (χ0) is 19.2. The summed E-state index contributed by atoms with van der Waals surface area (Å²) in [6, 6.07) is 15.0. The maximum Gasteiger partial charge on any atom is 0.122 e. The first-order chi connectivity index (χ1) is 13.8. The van der Waals surface area contributed by atoms with Crippen LogP contribution < -0.4 is 4.74 Å². The van der Waals surface area contributed by atoms with Crippen molar-refractivity contribution in [3.05, 3.63) is 64.2 Å². The van der Waals surface area contributed by atoms with Crippen LogP contribution in [0.4, 0.5) is 0 Å². The summed E-state index contributed by atoms with van der Waals surface area (Å²) in [4.78, 5) is 4.98. The first kappa shape index (κ1) is 19.8. The zero-order valence-corrected chi connectivity index (χ0v) is 17.5. The predicted molar refractivity (Wildman–Crippen MR) is 116 cm³/mol. The number of ether oxygens (including phenoxy) is 1. The SMILES string of the molecule is Clc1cc(Cc2ccccc2OCCN2CCCC2)ccc1CN1CCCC1. The van der Waals surface area contributed by atoms with E-state index in [1.807, 2.05) is 0 Å². The van der Waals surface area contributed by atoms with Gasteiger partial charge in [0.2, 0.25) is 0 Å². The van der Waals surface area contributed by atoms with Crippen molar-refractivity contribution in [3.63, 3.8) is 0 Å². The molecular formula is C24H31ClN2O. The molecule has 2 saturated heterocycles. The second-order valence-electron chi connectivity index (χ2n) is 8.09. The van der Waals surface area contributed by atoms with Crippen molar-refractivity contribution in [1.29, 1.82) is 0 Å². The van der Waals surface area contributed by atoms with Crippen molar-refractivity contribution in [2.75, 3.05) is 39.3 Å². The van der Waals surface area contributed by atoms with Crippen molar-refractivity contribution in [3.8, 4) is 5.75 Å². The summed E-state index contributed by atoms with van der Waals surface area (Å²) in [5, 5.41) is 0.886. The summed E-state index contributed by atoms with van der Waals surface area (Å²) in [6.45, 7) is 7.56. The Morgan fingerprint density at radius 3 is 2.29 bits per heavy atom. The molecule has 4 heteroatoms. The molecule has 2 aromatic carbocycles. The van der Waals surface area contributed by atoms with Gasteiger partial charge < -0.3 is 4.74 Å². The molecule has 0 radical (unpaired) electrons. The number of likely N-dealkylation sites (tertiary alicyclic amines) is 2. The normalized spacial score (nSPS) is 18.0. The number of halogens is 1. The van der Waals surface area contributed by atoms with Crippen LogP contribution in [0.3, 0.4) is 0 Å². The minimum atomic E-state index is 0.756. The highest BCUT2D eigenvalue weighted by molar-refractivity contribution is 6.31. The van der Waals surface area contributed by atoms with Gasteiger partial charge in [-0.1, -0.05) is 41.9 Å². The van der Waals surface area contributed by atoms with Gasteiger partial charge in [0.25, 0.3) is 0 Å². The molecule has 0 aromatic heterocycles. The van der Waals surface area contributed by atoms with E-state index in [1.54, 1.807) is 0 Å². The Morgan fingerprint density at radius 1 is 0.821 bits per heavy atom. The molecule has 0 saturated carbocycles. The maximum absolute atomic E-state index is 6.61. The predicted octanol–water partition coefficient (Wildman–Crippen LogP) is 5.00. The Kier molecular flexibility index (Phi) is 6.90. The summed E-state index contributed by atoms with van der Waals surface area (Å²) >= 11 is 6.61. The molecule has 2 aromatic rings. The quantitative estimate of drug-likeness (QED) is 0.622. The molecule has 0 amide bonds. The minimum absolute atomic E-state index is 0.756. The molecule has 0 spiro atoms. The molecular weight excluding hydrogens is 368 g/mol. The Morgan fingerprint density at radius 2 is 1.54 bits per heavy atom. The zero-order valence-electron chi connectivity index (χ0n) is 16.7. The standard InChI is InChI=1S/C24H31ClN2O/c25-23-18-20(9-10-22(23)19-27-13-5-6-14-27)17-21-7-1-2-8-24(21)28-16-15-26-11-3-4-12-26/h1-2,7-10,18H,3-6,11-17,19H2. The highest BCUT2D eigenvalue weighted by Gasteiger charge is 2.14. The van der Waals surface area contributed by atoms with Crippen molar-refractivity contribution in [2.24, 2.45) is 0 Å². The van der Waals surface area contributed by atoms with Crippen molar-refractivity contribution in [2.45, 2.75) is 38.6 Å². The number of hydrogen-bond acceptors (Lipinski definition) is 3. The number of hydrogen-bond donors (Lipinski definition) is 0. The molecule has 0 N–H and O–H groups in total. The molecule has 2 aliphatic rings. The van der Waals surface area contributed by atoms with Gasteiger partial charge in [-0.3, -0.25) is 9.80 Å². The molecule has 4 rings (SSSR count). The molecule has 150 valence electrons. The van der Waals surface area contributed by atoms with E-state index >= 15 is 0 Å². The topological polar surface area (TPSA) is 15.7 Å². The van der Waals surface area contributed by atoms with Crippen molar-refractivity contribution in [1.82, 2.24) is 9.80 Å². The van der Waals surface area contributed by atoms with E-state index < -0.39 is 0 Å². The Balaban J connectivity index is 1.37. The van der Waals surface area contributed by atoms with Gasteiger partial charge in [0.15, 0.2) is 0 Å². The lowest BCUT2D eigenvalue weighted by Crippen LogP contribution is -2.25. The van der Waals surface area contributed by atoms with Crippen LogP contribution in [0, 0.1) is 0 Å². The van der Waals surface area contributed by atoms with E-state index in [0.717, 1.165) is 36.9 Å². The fraction of sp³-hybridized carbons (Fsp3) is 0.500. The third kappa shape index (κ3) is 5.28. The monoisotopic (exact) mass is 398 g/mol. The molecule has 0 bridgehead atoms. The van der Waals surface area contributed by atoms with E-state index in [9.17, 15) is 0 Å². The second kappa shape index (κ2) is 9.78. The summed E-state index contributed by atoms with van der Waals surface area (Å²) in [5.41, 5.74) is 3.71. The lowest BCUT2D eigenvalue weighted by atomic mass is 10.0. The molecule has 2 aliphatic heterocycles. The number of nitrogens with zero attached hydrogens (tertiary/aromatic N) is 2. The van der Waals surface area contributed by atoms with Crippen LogP contribution in [0.25, 0.3) is 0 Å². The van der Waals surface area contributed by atoms with E-state index in [2.05, 4.69) is 52.3 Å². The molecule has 2 fully saturated rings. The van der Waals surface area contributed by atoms with Gasteiger partial charge in [-0.15, -0.1) is 0 Å². The second-order valence-corrected chi connectivity index (χ2v) is 8.50. The van der Waals surface area contributed by atoms with Crippen LogP contribution in [-0.2, 0) is 13.0 Å². The average molecular weight is 399 g/mol. The van der Waals surface area contributed by atoms with Crippen molar-refractivity contribution >= 4 is 11.6 Å². The van der Waals surface area contributed by atoms with E-state index in [-0.39, 0.29) is 0 Å². The lowest BCUT2D eigenvalue weighted by Gasteiger charge is -2.17. The van der Waals surface area contributed by atoms with E-state index in [4.69, 9.17) is 16.3 Å².